The molecule has 0 heterocycles. The van der Waals surface area contributed by atoms with E-state index >= 15 is 0 Å². The molecule has 0 aromatic rings. The summed E-state index contributed by atoms with van der Waals surface area (Å²) in [6, 6.07) is 0. The molecule has 13 nitrogen and oxygen atoms in total. The maximum atomic E-state index is 7.25. The van der Waals surface area contributed by atoms with Crippen LogP contribution in [0.1, 0.15) is 1.43 Å². The second kappa shape index (κ2) is 2930. The molecule has 0 amide bonds. The first kappa shape index (κ1) is 91.8. The molecule has 15 heteroatoms. The third-order valence-corrected chi connectivity index (χ3v) is 0. The predicted molar refractivity (Wildman–Crippen MR) is 46.5 cm³/mol. The van der Waals surface area contributed by atoms with Crippen LogP contribution in [0, 0.1) is 29.4 Å². The predicted octanol–water partition coefficient (Wildman–Crippen LogP) is -0.791. The fourth-order valence-electron chi connectivity index (χ4n) is 0. The molecule has 0 saturated heterocycles. The maximum absolute atomic E-state index is 7.25. The molecule has 15 heavy (non-hydrogen) atoms. The van der Waals surface area contributed by atoms with Crippen LogP contribution in [0.3, 0.4) is 0 Å². The normalized spacial score (nSPS) is 1.60. The van der Waals surface area contributed by atoms with Crippen LogP contribution in [0.15, 0.2) is 0 Å². The second-order valence-corrected chi connectivity index (χ2v) is 0. The van der Waals surface area contributed by atoms with Crippen LogP contribution >= 0.6 is 0 Å². The van der Waals surface area contributed by atoms with Crippen molar-refractivity contribution in [3.63, 3.8) is 0 Å². The van der Waals surface area contributed by atoms with Crippen LogP contribution in [-0.4, -0.2) is 0 Å². The van der Waals surface area contributed by atoms with Crippen molar-refractivity contribution in [2.75, 3.05) is 0 Å². The summed E-state index contributed by atoms with van der Waals surface area (Å²) in [4.78, 5) is 43.5. The van der Waals surface area contributed by atoms with E-state index in [2.05, 4.69) is 0 Å². The number of nitroso groups, excluding NO2 is 6. The van der Waals surface area contributed by atoms with E-state index in [1.807, 2.05) is 0 Å². The average Bonchev–Trinajstić information content (AvgIpc) is 2.33. The first-order valence-corrected chi connectivity index (χ1v) is 1.10. The Morgan fingerprint density at radius 3 is 0.467 bits per heavy atom. The largest absolute Gasteiger partial charge is 1.00 e. The summed E-state index contributed by atoms with van der Waals surface area (Å²) in [5.74, 6) is 0. The molecule has 0 rings (SSSR count). The number of hydrogen-bond donors (Lipinski definition) is 1. The van der Waals surface area contributed by atoms with E-state index in [9.17, 15) is 0 Å². The molecule has 3 N–H and O–H groups in total. The zero-order valence-electron chi connectivity index (χ0n) is 8.17. The molecule has 0 bridgehead atoms. The van der Waals surface area contributed by atoms with Crippen LogP contribution in [0.5, 0.6) is 0 Å². The zero-order valence-corrected chi connectivity index (χ0v) is 10.8. The van der Waals surface area contributed by atoms with Crippen molar-refractivity contribution >= 4 is 0 Å². The van der Waals surface area contributed by atoms with Gasteiger partial charge in [0.2, 0.25) is 0 Å². The van der Waals surface area contributed by atoms with Gasteiger partial charge in [-0.1, -0.05) is 0 Å². The minimum absolute atomic E-state index is 0. The monoisotopic (exact) mass is 324 g/mol. The van der Waals surface area contributed by atoms with Gasteiger partial charge >= 0.3 is 29.6 Å². The third-order valence-electron chi connectivity index (χ3n) is 0. The molecule has 0 unspecified atom stereocenters. The van der Waals surface area contributed by atoms with E-state index in [1.54, 1.807) is 0 Å². The van der Waals surface area contributed by atoms with Gasteiger partial charge in [-0.25, -0.2) is 0 Å². The van der Waals surface area contributed by atoms with Gasteiger partial charge in [-0.05, 0) is 0 Å². The van der Waals surface area contributed by atoms with Crippen molar-refractivity contribution in [3.8, 4) is 0 Å². The van der Waals surface area contributed by atoms with Crippen molar-refractivity contribution in [2.45, 2.75) is 0 Å². The fraction of sp³-hybridized carbons (Fsp3) is 0. The Balaban J connectivity index is -0.00000000321. The van der Waals surface area contributed by atoms with Crippen LogP contribution in [-0.2, 0) is 19.5 Å². The first-order valence-electron chi connectivity index (χ1n) is 1.10. The van der Waals surface area contributed by atoms with Gasteiger partial charge < -0.3 is 70.6 Å². The van der Waals surface area contributed by atoms with Crippen LogP contribution < -0.4 is 35.7 Å². The molecule has 0 aromatic carbocycles. The standard InChI is InChI=1S/6NO.H3N.Na.Rh.H/c6*1-2;;;;/h;;;;;;1H3;;;/q6*-1;;+1;;-1. The van der Waals surface area contributed by atoms with E-state index in [1.165, 1.54) is 0 Å². The summed E-state index contributed by atoms with van der Waals surface area (Å²) < 4.78 is 0. The van der Waals surface area contributed by atoms with Gasteiger partial charge in [0.05, 0.1) is 0 Å². The van der Waals surface area contributed by atoms with Gasteiger partial charge in [0.1, 0.15) is 0 Å². The Hall–Kier alpha value is -0.817. The summed E-state index contributed by atoms with van der Waals surface area (Å²) >= 11 is 0. The van der Waals surface area contributed by atoms with Gasteiger partial charge in [0.25, 0.3) is 0 Å². The number of nitrogens with zero attached hydrogens (tertiary/aromatic N) is 6. The van der Waals surface area contributed by atoms with E-state index in [4.69, 9.17) is 63.0 Å². The minimum atomic E-state index is 0. The molecule has 0 spiro atoms. The van der Waals surface area contributed by atoms with Gasteiger partial charge in [0.15, 0.2) is 0 Å². The van der Waals surface area contributed by atoms with Crippen LogP contribution in [0.2, 0.25) is 0 Å². The summed E-state index contributed by atoms with van der Waals surface area (Å²) in [7, 11) is 0. The van der Waals surface area contributed by atoms with Gasteiger partial charge in [-0.15, -0.1) is 0 Å². The SMILES string of the molecule is N.[H-].[N-]=O.[N-]=O.[N-]=O.[N-]=O.[N-]=O.[N-]=O.[Na+].[Rh]. The van der Waals surface area contributed by atoms with Crippen molar-refractivity contribution in [2.24, 2.45) is 0 Å². The topological polar surface area (TPSA) is 271 Å². The fourth-order valence-corrected chi connectivity index (χ4v) is 0. The molecule has 0 saturated carbocycles. The molecule has 0 aliphatic heterocycles. The van der Waals surface area contributed by atoms with E-state index in [0.717, 1.165) is 0 Å². The summed E-state index contributed by atoms with van der Waals surface area (Å²) in [6.07, 6.45) is 0. The Morgan fingerprint density at radius 1 is 0.467 bits per heavy atom. The Labute approximate surface area is 119 Å². The van der Waals surface area contributed by atoms with E-state index < -0.39 is 0 Å². The molecule has 91 valence electrons. The molecular weight excluding hydrogens is 320 g/mol. The first-order chi connectivity index (χ1) is 6.00. The maximum Gasteiger partial charge on any atom is 1.00 e. The van der Waals surface area contributed by atoms with Crippen LogP contribution in [0.25, 0.3) is 33.6 Å². The van der Waals surface area contributed by atoms with Crippen molar-refractivity contribution in [1.29, 1.82) is 0 Å². The molecule has 0 aromatic heterocycles. The van der Waals surface area contributed by atoms with Gasteiger partial charge in [0, 0.05) is 19.5 Å². The van der Waals surface area contributed by atoms with Crippen molar-refractivity contribution < 1.29 is 50.5 Å². The molecule has 1 radical (unpaired) electrons. The minimum Gasteiger partial charge on any atom is -1.00 e. The number of rotatable bonds is 0. The molecule has 0 fully saturated rings. The number of hydrogen-bond acceptors (Lipinski definition) is 7. The third kappa shape index (κ3) is 2470. The van der Waals surface area contributed by atoms with Gasteiger partial charge in [-0.2, -0.15) is 0 Å². The average molecular weight is 324 g/mol. The van der Waals surface area contributed by atoms with E-state index in [0.29, 0.717) is 0 Å². The molecule has 0 atom stereocenters. The molecule has 0 aliphatic rings. The summed E-state index contributed by atoms with van der Waals surface area (Å²) in [5, 5.41) is 0. The Kier molecular flexibility index (Phi) is 17900. The molecular formula is H4N7NaO6Rh-6. The van der Waals surface area contributed by atoms with Crippen molar-refractivity contribution in [1.82, 2.24) is 6.15 Å². The zero-order chi connectivity index (χ0) is 12.0. The van der Waals surface area contributed by atoms with Gasteiger partial charge in [-0.3, -0.25) is 0 Å². The summed E-state index contributed by atoms with van der Waals surface area (Å²) in [5.41, 5.74) is 34.5. The smallest absolute Gasteiger partial charge is 1.00 e. The Bertz CT molecular complexity index is 44.3. The Morgan fingerprint density at radius 2 is 0.467 bits per heavy atom. The quantitative estimate of drug-likeness (QED) is 0.553. The van der Waals surface area contributed by atoms with Crippen molar-refractivity contribution in [3.05, 3.63) is 63.0 Å². The molecule has 0 aliphatic carbocycles. The second-order valence-electron chi connectivity index (χ2n) is 0. The van der Waals surface area contributed by atoms with E-state index in [-0.39, 0.29) is 56.6 Å². The van der Waals surface area contributed by atoms with Crippen LogP contribution in [0.4, 0.5) is 0 Å². The summed E-state index contributed by atoms with van der Waals surface area (Å²) in [6.45, 7) is 0.